The number of urea groups is 1. The quantitative estimate of drug-likeness (QED) is 0.865. The minimum atomic E-state index is -0.652. The van der Waals surface area contributed by atoms with Crippen LogP contribution in [-0.4, -0.2) is 36.0 Å². The number of primary amides is 1. The van der Waals surface area contributed by atoms with E-state index in [4.69, 9.17) is 5.73 Å². The van der Waals surface area contributed by atoms with E-state index in [9.17, 15) is 9.59 Å². The Morgan fingerprint density at radius 2 is 2.00 bits per heavy atom. The van der Waals surface area contributed by atoms with Crippen LogP contribution in [0.15, 0.2) is 30.3 Å². The van der Waals surface area contributed by atoms with Crippen molar-refractivity contribution in [1.82, 2.24) is 10.2 Å². The lowest BCUT2D eigenvalue weighted by atomic mass is 9.95. The highest BCUT2D eigenvalue weighted by Crippen LogP contribution is 2.21. The molecule has 0 aromatic heterocycles. The van der Waals surface area contributed by atoms with Gasteiger partial charge in [-0.05, 0) is 37.7 Å². The molecule has 1 saturated heterocycles. The number of piperidine rings is 1. The topological polar surface area (TPSA) is 75.4 Å². The third kappa shape index (κ3) is 4.77. The smallest absolute Gasteiger partial charge is 0.312 e. The maximum atomic E-state index is 12.2. The summed E-state index contributed by atoms with van der Waals surface area (Å²) in [7, 11) is 0. The Bertz CT molecular complexity index is 476. The van der Waals surface area contributed by atoms with Crippen molar-refractivity contribution in [3.8, 4) is 0 Å². The summed E-state index contributed by atoms with van der Waals surface area (Å²) < 4.78 is 0. The molecule has 0 saturated carbocycles. The van der Waals surface area contributed by atoms with Crippen molar-refractivity contribution in [1.29, 1.82) is 0 Å². The van der Waals surface area contributed by atoms with E-state index in [1.807, 2.05) is 23.1 Å². The first-order chi connectivity index (χ1) is 10.2. The number of likely N-dealkylation sites (tertiary alicyclic amines) is 1. The number of amides is 3. The molecule has 0 spiro atoms. The van der Waals surface area contributed by atoms with E-state index in [1.165, 1.54) is 5.56 Å². The van der Waals surface area contributed by atoms with Gasteiger partial charge in [-0.3, -0.25) is 4.79 Å². The molecule has 1 atom stereocenters. The standard InChI is InChI=1S/C16H23N3O2/c17-16(21)18-12-15(20)19-11-5-4-8-14(19)10-9-13-6-2-1-3-7-13/h1-3,6-7,14H,4-5,8-12H2,(H3,17,18,21). The van der Waals surface area contributed by atoms with E-state index in [0.717, 1.165) is 38.6 Å². The van der Waals surface area contributed by atoms with E-state index in [2.05, 4.69) is 17.4 Å². The van der Waals surface area contributed by atoms with Crippen LogP contribution < -0.4 is 11.1 Å². The number of carbonyl (C=O) groups excluding carboxylic acids is 2. The van der Waals surface area contributed by atoms with Gasteiger partial charge in [-0.25, -0.2) is 4.79 Å². The zero-order chi connectivity index (χ0) is 15.1. The molecule has 0 bridgehead atoms. The summed E-state index contributed by atoms with van der Waals surface area (Å²) in [6.07, 6.45) is 5.16. The molecule has 1 aromatic carbocycles. The van der Waals surface area contributed by atoms with Crippen molar-refractivity contribution in [2.75, 3.05) is 13.1 Å². The molecule has 1 fully saturated rings. The number of hydrogen-bond donors (Lipinski definition) is 2. The predicted molar refractivity (Wildman–Crippen MR) is 81.7 cm³/mol. The Hall–Kier alpha value is -2.04. The van der Waals surface area contributed by atoms with E-state index in [-0.39, 0.29) is 18.5 Å². The number of benzene rings is 1. The van der Waals surface area contributed by atoms with Gasteiger partial charge >= 0.3 is 6.03 Å². The van der Waals surface area contributed by atoms with Crippen LogP contribution in [0.1, 0.15) is 31.2 Å². The van der Waals surface area contributed by atoms with Crippen molar-refractivity contribution in [3.05, 3.63) is 35.9 Å². The monoisotopic (exact) mass is 289 g/mol. The third-order valence-corrected chi connectivity index (χ3v) is 3.97. The second kappa shape index (κ2) is 7.67. The fourth-order valence-electron chi connectivity index (χ4n) is 2.87. The van der Waals surface area contributed by atoms with Gasteiger partial charge in [0.05, 0.1) is 6.54 Å². The summed E-state index contributed by atoms with van der Waals surface area (Å²) in [6, 6.07) is 9.93. The Morgan fingerprint density at radius 3 is 2.71 bits per heavy atom. The van der Waals surface area contributed by atoms with Crippen molar-refractivity contribution in [2.24, 2.45) is 5.73 Å². The molecule has 21 heavy (non-hydrogen) atoms. The molecular weight excluding hydrogens is 266 g/mol. The Morgan fingerprint density at radius 1 is 1.24 bits per heavy atom. The second-order valence-corrected chi connectivity index (χ2v) is 5.48. The Kier molecular flexibility index (Phi) is 5.60. The van der Waals surface area contributed by atoms with Gasteiger partial charge in [-0.2, -0.15) is 0 Å². The minimum absolute atomic E-state index is 0.00281. The van der Waals surface area contributed by atoms with Crippen molar-refractivity contribution in [2.45, 2.75) is 38.1 Å². The summed E-state index contributed by atoms with van der Waals surface area (Å²) in [6.45, 7) is 0.774. The molecule has 5 nitrogen and oxygen atoms in total. The van der Waals surface area contributed by atoms with Crippen molar-refractivity contribution < 1.29 is 9.59 Å². The molecule has 1 aliphatic heterocycles. The predicted octanol–water partition coefficient (Wildman–Crippen LogP) is 1.67. The first-order valence-electron chi connectivity index (χ1n) is 7.53. The number of rotatable bonds is 5. The van der Waals surface area contributed by atoms with E-state index >= 15 is 0 Å². The van der Waals surface area contributed by atoms with Crippen LogP contribution in [-0.2, 0) is 11.2 Å². The van der Waals surface area contributed by atoms with Crippen LogP contribution in [0.3, 0.4) is 0 Å². The summed E-state index contributed by atoms with van der Waals surface area (Å²) in [5.74, 6) is -0.0356. The largest absolute Gasteiger partial charge is 0.352 e. The second-order valence-electron chi connectivity index (χ2n) is 5.48. The number of nitrogens with two attached hydrogens (primary N) is 1. The van der Waals surface area contributed by atoms with Crippen LogP contribution in [0.4, 0.5) is 4.79 Å². The normalized spacial score (nSPS) is 18.3. The maximum Gasteiger partial charge on any atom is 0.312 e. The number of nitrogens with zero attached hydrogens (tertiary/aromatic N) is 1. The molecule has 2 rings (SSSR count). The van der Waals surface area contributed by atoms with Gasteiger partial charge in [0.1, 0.15) is 0 Å². The lowest BCUT2D eigenvalue weighted by molar-refractivity contribution is -0.133. The Labute approximate surface area is 125 Å². The summed E-state index contributed by atoms with van der Waals surface area (Å²) in [5.41, 5.74) is 6.32. The van der Waals surface area contributed by atoms with Crippen LogP contribution in [0.5, 0.6) is 0 Å². The van der Waals surface area contributed by atoms with Gasteiger partial charge in [-0.1, -0.05) is 30.3 Å². The van der Waals surface area contributed by atoms with Gasteiger partial charge in [0.2, 0.25) is 5.91 Å². The molecule has 3 N–H and O–H groups in total. The highest BCUT2D eigenvalue weighted by molar-refractivity contribution is 5.83. The van der Waals surface area contributed by atoms with Gasteiger partial charge in [0.15, 0.2) is 0 Å². The summed E-state index contributed by atoms with van der Waals surface area (Å²) >= 11 is 0. The lowest BCUT2D eigenvalue weighted by Crippen LogP contribution is -2.48. The lowest BCUT2D eigenvalue weighted by Gasteiger charge is -2.36. The van der Waals surface area contributed by atoms with Crippen molar-refractivity contribution >= 4 is 11.9 Å². The molecule has 3 amide bonds. The summed E-state index contributed by atoms with van der Waals surface area (Å²) in [5, 5.41) is 2.38. The fourth-order valence-corrected chi connectivity index (χ4v) is 2.87. The number of aryl methyl sites for hydroxylation is 1. The molecule has 1 heterocycles. The molecule has 0 radical (unpaired) electrons. The van der Waals surface area contributed by atoms with Crippen LogP contribution in [0.2, 0.25) is 0 Å². The molecule has 0 aliphatic carbocycles. The zero-order valence-electron chi connectivity index (χ0n) is 12.3. The maximum absolute atomic E-state index is 12.2. The first kappa shape index (κ1) is 15.4. The van der Waals surface area contributed by atoms with Gasteiger partial charge in [0, 0.05) is 12.6 Å². The van der Waals surface area contributed by atoms with E-state index < -0.39 is 6.03 Å². The van der Waals surface area contributed by atoms with E-state index in [0.29, 0.717) is 0 Å². The van der Waals surface area contributed by atoms with Gasteiger partial charge in [-0.15, -0.1) is 0 Å². The highest BCUT2D eigenvalue weighted by Gasteiger charge is 2.26. The van der Waals surface area contributed by atoms with Gasteiger partial charge < -0.3 is 16.0 Å². The first-order valence-corrected chi connectivity index (χ1v) is 7.53. The molecule has 5 heteroatoms. The average molecular weight is 289 g/mol. The van der Waals surface area contributed by atoms with Crippen molar-refractivity contribution in [3.63, 3.8) is 0 Å². The average Bonchev–Trinajstić information content (AvgIpc) is 2.52. The molecule has 1 aromatic rings. The molecule has 114 valence electrons. The van der Waals surface area contributed by atoms with Crippen LogP contribution in [0, 0.1) is 0 Å². The number of carbonyl (C=O) groups is 2. The minimum Gasteiger partial charge on any atom is -0.352 e. The fraction of sp³-hybridized carbons (Fsp3) is 0.500. The molecular formula is C16H23N3O2. The third-order valence-electron chi connectivity index (χ3n) is 3.97. The van der Waals surface area contributed by atoms with E-state index in [1.54, 1.807) is 0 Å². The zero-order valence-corrected chi connectivity index (χ0v) is 12.3. The SMILES string of the molecule is NC(=O)NCC(=O)N1CCCCC1CCc1ccccc1. The Balaban J connectivity index is 1.89. The molecule has 1 aliphatic rings. The summed E-state index contributed by atoms with van der Waals surface area (Å²) in [4.78, 5) is 24.8. The highest BCUT2D eigenvalue weighted by atomic mass is 16.2. The van der Waals surface area contributed by atoms with Gasteiger partial charge in [0.25, 0.3) is 0 Å². The van der Waals surface area contributed by atoms with Crippen LogP contribution >= 0.6 is 0 Å². The van der Waals surface area contributed by atoms with Crippen LogP contribution in [0.25, 0.3) is 0 Å². The number of nitrogens with one attached hydrogen (secondary N) is 1. The number of hydrogen-bond acceptors (Lipinski definition) is 2. The molecule has 1 unspecified atom stereocenters.